The monoisotopic (exact) mass is 256 g/mol. The fourth-order valence-electron chi connectivity index (χ4n) is 2.52. The van der Waals surface area contributed by atoms with Gasteiger partial charge in [0, 0.05) is 0 Å². The molecule has 0 bridgehead atoms. The van der Waals surface area contributed by atoms with Crippen LogP contribution in [0.1, 0.15) is 27.2 Å². The van der Waals surface area contributed by atoms with Crippen molar-refractivity contribution in [1.29, 1.82) is 0 Å². The van der Waals surface area contributed by atoms with Crippen molar-refractivity contribution in [3.05, 3.63) is 0 Å². The van der Waals surface area contributed by atoms with Crippen LogP contribution in [-0.2, 0) is 9.36 Å². The van der Waals surface area contributed by atoms with Crippen molar-refractivity contribution in [2.75, 3.05) is 6.16 Å². The van der Waals surface area contributed by atoms with Crippen LogP contribution in [0.4, 0.5) is 0 Å². The molecule has 0 spiro atoms. The van der Waals surface area contributed by atoms with Gasteiger partial charge in [-0.2, -0.15) is 0 Å². The lowest BCUT2D eigenvalue weighted by Crippen LogP contribution is -2.20. The van der Waals surface area contributed by atoms with E-state index >= 15 is 0 Å². The van der Waals surface area contributed by atoms with Crippen LogP contribution in [0.3, 0.4) is 0 Å². The normalized spacial score (nSPS) is 29.6. The molecular weight excluding hydrogens is 237 g/mol. The molecule has 4 nitrogen and oxygen atoms in total. The van der Waals surface area contributed by atoms with Crippen molar-refractivity contribution in [2.45, 2.75) is 44.6 Å². The number of carbonyl (C=O) groups is 1. The lowest BCUT2D eigenvalue weighted by Gasteiger charge is -2.14. The summed E-state index contributed by atoms with van der Waals surface area (Å²) in [5.41, 5.74) is -0.438. The quantitative estimate of drug-likeness (QED) is 0.535. The summed E-state index contributed by atoms with van der Waals surface area (Å²) in [6, 6.07) is 0. The number of hydrogen-bond acceptors (Lipinski definition) is 2. The summed E-state index contributed by atoms with van der Waals surface area (Å²) in [6.07, 6.45) is 1.27. The number of hydrogen-bond donors (Lipinski definition) is 2. The zero-order valence-electron chi connectivity index (χ0n) is 10.6. The SMILES string of the molecule is CC[B]C(C)C1CC1(C)[B]C(=O)CP(=O)(O)O. The molecule has 0 aromatic heterocycles. The van der Waals surface area contributed by atoms with Crippen molar-refractivity contribution in [1.82, 2.24) is 0 Å². The predicted octanol–water partition coefficient (Wildman–Crippen LogP) is 1.54. The van der Waals surface area contributed by atoms with Crippen LogP contribution in [0.5, 0.6) is 0 Å². The molecule has 3 atom stereocenters. The van der Waals surface area contributed by atoms with Gasteiger partial charge in [0.2, 0.25) is 7.28 Å². The minimum atomic E-state index is -4.22. The van der Waals surface area contributed by atoms with Crippen LogP contribution < -0.4 is 0 Å². The molecule has 7 heteroatoms. The van der Waals surface area contributed by atoms with Crippen LogP contribution in [0.2, 0.25) is 17.5 Å². The van der Waals surface area contributed by atoms with Gasteiger partial charge in [0.1, 0.15) is 7.28 Å². The molecule has 0 aromatic rings. The first-order valence-corrected chi connectivity index (χ1v) is 7.74. The van der Waals surface area contributed by atoms with E-state index in [9.17, 15) is 9.36 Å². The van der Waals surface area contributed by atoms with Gasteiger partial charge in [0.15, 0.2) is 0 Å². The van der Waals surface area contributed by atoms with Gasteiger partial charge < -0.3 is 14.6 Å². The molecule has 17 heavy (non-hydrogen) atoms. The van der Waals surface area contributed by atoms with Gasteiger partial charge in [-0.3, -0.25) is 4.57 Å². The van der Waals surface area contributed by atoms with E-state index in [4.69, 9.17) is 9.79 Å². The maximum atomic E-state index is 11.5. The minimum absolute atomic E-state index is 0.169. The Morgan fingerprint density at radius 2 is 2.18 bits per heavy atom. The van der Waals surface area contributed by atoms with Crippen molar-refractivity contribution in [2.24, 2.45) is 5.92 Å². The van der Waals surface area contributed by atoms with Crippen LogP contribution in [0.25, 0.3) is 0 Å². The van der Waals surface area contributed by atoms with Crippen LogP contribution in [0.15, 0.2) is 0 Å². The first kappa shape index (κ1) is 15.0. The van der Waals surface area contributed by atoms with Crippen LogP contribution in [0, 0.1) is 5.92 Å². The maximum absolute atomic E-state index is 11.5. The molecule has 1 aliphatic rings. The highest BCUT2D eigenvalue weighted by Gasteiger charge is 2.53. The maximum Gasteiger partial charge on any atom is 0.331 e. The van der Waals surface area contributed by atoms with E-state index < -0.39 is 19.4 Å². The van der Waals surface area contributed by atoms with Gasteiger partial charge in [-0.25, -0.2) is 0 Å². The molecule has 0 aliphatic heterocycles. The third kappa shape index (κ3) is 4.61. The van der Waals surface area contributed by atoms with E-state index in [-0.39, 0.29) is 5.31 Å². The van der Waals surface area contributed by atoms with E-state index in [2.05, 4.69) is 21.1 Å². The highest BCUT2D eigenvalue weighted by atomic mass is 31.2. The Morgan fingerprint density at radius 3 is 2.65 bits per heavy atom. The van der Waals surface area contributed by atoms with Gasteiger partial charge >= 0.3 is 7.60 Å². The first-order chi connectivity index (χ1) is 7.68. The summed E-state index contributed by atoms with van der Waals surface area (Å²) < 4.78 is 10.7. The van der Waals surface area contributed by atoms with Crippen LogP contribution in [-0.4, -0.2) is 36.2 Å². The Kier molecular flexibility index (Phi) is 4.67. The van der Waals surface area contributed by atoms with Gasteiger partial charge in [0.05, 0.1) is 11.8 Å². The minimum Gasteiger partial charge on any atom is -0.324 e. The average molecular weight is 256 g/mol. The highest BCUT2D eigenvalue weighted by molar-refractivity contribution is 7.53. The molecule has 1 aliphatic carbocycles. The molecule has 1 rings (SSSR count). The Labute approximate surface area is 104 Å². The zero-order valence-corrected chi connectivity index (χ0v) is 11.5. The van der Waals surface area contributed by atoms with Crippen molar-refractivity contribution < 1.29 is 19.1 Å². The second-order valence-corrected chi connectivity index (χ2v) is 6.90. The van der Waals surface area contributed by atoms with Gasteiger partial charge in [0.25, 0.3) is 0 Å². The predicted molar refractivity (Wildman–Crippen MR) is 69.8 cm³/mol. The van der Waals surface area contributed by atoms with E-state index in [1.54, 1.807) is 0 Å². The molecular formula is C10H19B2O4P. The lowest BCUT2D eigenvalue weighted by atomic mass is 9.53. The average Bonchev–Trinajstić information content (AvgIpc) is 2.73. The fraction of sp³-hybridized carbons (Fsp3) is 0.900. The number of rotatable bonds is 7. The topological polar surface area (TPSA) is 74.6 Å². The molecule has 2 radical (unpaired) electrons. The molecule has 1 fully saturated rings. The third-order valence-corrected chi connectivity index (χ3v) is 4.16. The van der Waals surface area contributed by atoms with Crippen molar-refractivity contribution in [3.63, 3.8) is 0 Å². The summed E-state index contributed by atoms with van der Waals surface area (Å²) >= 11 is 0. The summed E-state index contributed by atoms with van der Waals surface area (Å²) in [5.74, 6) is 0.882. The summed E-state index contributed by atoms with van der Waals surface area (Å²) in [7, 11) is -0.495. The largest absolute Gasteiger partial charge is 0.331 e. The van der Waals surface area contributed by atoms with E-state index in [1.165, 1.54) is 7.28 Å². The molecule has 0 amide bonds. The van der Waals surface area contributed by atoms with Gasteiger partial charge in [-0.1, -0.05) is 39.3 Å². The van der Waals surface area contributed by atoms with Gasteiger partial charge in [-0.05, 0) is 11.2 Å². The van der Waals surface area contributed by atoms with Crippen LogP contribution >= 0.6 is 7.60 Å². The first-order valence-electron chi connectivity index (χ1n) is 5.94. The molecule has 0 heterocycles. The van der Waals surface area contributed by atoms with Crippen molar-refractivity contribution >= 4 is 27.8 Å². The third-order valence-electron chi connectivity index (χ3n) is 3.44. The molecule has 94 valence electrons. The smallest absolute Gasteiger partial charge is 0.324 e. The second-order valence-electron chi connectivity index (χ2n) is 5.25. The van der Waals surface area contributed by atoms with E-state index in [0.29, 0.717) is 11.7 Å². The fourth-order valence-corrected chi connectivity index (χ4v) is 3.02. The molecule has 3 unspecified atom stereocenters. The summed E-state index contributed by atoms with van der Waals surface area (Å²) in [5, 5.41) is -0.169. The summed E-state index contributed by atoms with van der Waals surface area (Å²) in [6.45, 7) is 6.19. The Bertz CT molecular complexity index is 343. The lowest BCUT2D eigenvalue weighted by molar-refractivity contribution is -0.110. The Morgan fingerprint density at radius 1 is 1.59 bits per heavy atom. The van der Waals surface area contributed by atoms with E-state index in [1.807, 2.05) is 6.92 Å². The standard InChI is InChI=1S/C10H19B2O4P/c1-4-11-7(2)8-5-10(8,3)12-9(13)6-17(14,15)16/h7-8H,4-6H2,1-3H3,(H2,14,15,16). The zero-order chi connectivity index (χ0) is 13.3. The summed E-state index contributed by atoms with van der Waals surface area (Å²) in [4.78, 5) is 28.9. The second kappa shape index (κ2) is 5.29. The van der Waals surface area contributed by atoms with Crippen molar-refractivity contribution in [3.8, 4) is 0 Å². The Hall–Kier alpha value is -0.0501. The Balaban J connectivity index is 2.43. The molecule has 1 saturated carbocycles. The molecule has 2 N–H and O–H groups in total. The van der Waals surface area contributed by atoms with Gasteiger partial charge in [-0.15, -0.1) is 0 Å². The molecule has 0 aromatic carbocycles. The van der Waals surface area contributed by atoms with E-state index in [0.717, 1.165) is 12.7 Å². The highest BCUT2D eigenvalue weighted by Crippen LogP contribution is 2.64. The number of carbonyl (C=O) groups excluding carboxylic acids is 1. The molecule has 0 saturated heterocycles.